The van der Waals surface area contributed by atoms with Gasteiger partial charge >= 0.3 is 0 Å². The van der Waals surface area contributed by atoms with Gasteiger partial charge < -0.3 is 9.84 Å². The van der Waals surface area contributed by atoms with E-state index in [4.69, 9.17) is 4.74 Å². The van der Waals surface area contributed by atoms with Gasteiger partial charge in [0.2, 0.25) is 11.8 Å². The highest BCUT2D eigenvalue weighted by atomic mass is 16.5. The third kappa shape index (κ3) is 1.73. The maximum atomic E-state index is 12.8. The molecule has 3 aliphatic rings. The molecule has 2 amide bonds. The molecule has 6 nitrogen and oxygen atoms in total. The summed E-state index contributed by atoms with van der Waals surface area (Å²) in [5.74, 6) is -2.05. The molecular weight excluding hydrogens is 298 g/mol. The number of anilines is 1. The molecule has 2 saturated heterocycles. The average Bonchev–Trinajstić information content (AvgIpc) is 3.19. The fraction of sp³-hybridized carbons (Fsp3) is 0.353. The number of aliphatic hydroxyl groups excluding tert-OH is 1. The number of hydrogen-bond acceptors (Lipinski definition) is 5. The van der Waals surface area contributed by atoms with Crippen LogP contribution in [-0.2, 0) is 14.3 Å². The Kier molecular flexibility index (Phi) is 2.86. The maximum absolute atomic E-state index is 12.8. The summed E-state index contributed by atoms with van der Waals surface area (Å²) in [6, 6.07) is 6.37. The number of amides is 2. The number of rotatable bonds is 3. The van der Waals surface area contributed by atoms with Crippen molar-refractivity contribution in [2.45, 2.75) is 18.6 Å². The number of benzene rings is 1. The third-order valence-electron chi connectivity index (χ3n) is 4.93. The minimum absolute atomic E-state index is 0.0811. The Morgan fingerprint density at radius 2 is 1.96 bits per heavy atom. The fourth-order valence-corrected chi connectivity index (χ4v) is 3.78. The number of imide groups is 1. The molecule has 2 fully saturated rings. The highest BCUT2D eigenvalue weighted by Gasteiger charge is 2.67. The van der Waals surface area contributed by atoms with Gasteiger partial charge in [-0.2, -0.15) is 0 Å². The summed E-state index contributed by atoms with van der Waals surface area (Å²) in [7, 11) is 0. The molecule has 0 radical (unpaired) electrons. The van der Waals surface area contributed by atoms with Crippen molar-refractivity contribution in [1.82, 2.24) is 0 Å². The van der Waals surface area contributed by atoms with E-state index in [1.807, 2.05) is 0 Å². The van der Waals surface area contributed by atoms with Crippen LogP contribution in [0.5, 0.6) is 0 Å². The second-order valence-electron chi connectivity index (χ2n) is 6.17. The lowest BCUT2D eigenvalue weighted by molar-refractivity contribution is -0.128. The number of ketones is 1. The molecule has 0 unspecified atom stereocenters. The Morgan fingerprint density at radius 3 is 2.57 bits per heavy atom. The number of aliphatic hydroxyl groups is 1. The Bertz CT molecular complexity index is 753. The van der Waals surface area contributed by atoms with Crippen LogP contribution in [0.2, 0.25) is 0 Å². The normalized spacial score (nSPS) is 34.3. The molecule has 118 valence electrons. The number of nitrogens with zero attached hydrogens (tertiary/aromatic N) is 1. The van der Waals surface area contributed by atoms with E-state index in [9.17, 15) is 19.5 Å². The van der Waals surface area contributed by atoms with Gasteiger partial charge in [-0.05, 0) is 31.2 Å². The van der Waals surface area contributed by atoms with Gasteiger partial charge in [-0.3, -0.25) is 14.4 Å². The molecule has 4 rings (SSSR count). The summed E-state index contributed by atoms with van der Waals surface area (Å²) < 4.78 is 5.68. The first-order valence-electron chi connectivity index (χ1n) is 7.45. The monoisotopic (exact) mass is 313 g/mol. The number of hydrogen-bond donors (Lipinski definition) is 1. The van der Waals surface area contributed by atoms with Crippen molar-refractivity contribution in [3.8, 4) is 0 Å². The molecule has 2 bridgehead atoms. The summed E-state index contributed by atoms with van der Waals surface area (Å²) in [5.41, 5.74) is -0.132. The van der Waals surface area contributed by atoms with E-state index in [0.29, 0.717) is 11.3 Å². The zero-order valence-corrected chi connectivity index (χ0v) is 12.4. The average molecular weight is 313 g/mol. The van der Waals surface area contributed by atoms with Crippen molar-refractivity contribution in [2.24, 2.45) is 11.8 Å². The molecular formula is C17H15NO5. The van der Waals surface area contributed by atoms with Crippen LogP contribution >= 0.6 is 0 Å². The lowest BCUT2D eigenvalue weighted by Crippen LogP contribution is -2.43. The van der Waals surface area contributed by atoms with Gasteiger partial charge in [0.1, 0.15) is 5.60 Å². The number of fused-ring (bicyclic) bond motifs is 5. The lowest BCUT2D eigenvalue weighted by Gasteiger charge is -2.26. The highest BCUT2D eigenvalue weighted by Crippen LogP contribution is 2.52. The zero-order valence-electron chi connectivity index (χ0n) is 12.4. The summed E-state index contributed by atoms with van der Waals surface area (Å²) in [4.78, 5) is 38.0. The van der Waals surface area contributed by atoms with Gasteiger partial charge in [-0.1, -0.05) is 12.2 Å². The van der Waals surface area contributed by atoms with Crippen molar-refractivity contribution in [2.75, 3.05) is 11.5 Å². The van der Waals surface area contributed by atoms with Crippen LogP contribution in [0.25, 0.3) is 0 Å². The van der Waals surface area contributed by atoms with Gasteiger partial charge in [0, 0.05) is 5.56 Å². The molecule has 3 heterocycles. The van der Waals surface area contributed by atoms with E-state index in [2.05, 4.69) is 0 Å². The van der Waals surface area contributed by atoms with Gasteiger partial charge in [-0.25, -0.2) is 4.90 Å². The molecule has 1 aromatic rings. The second-order valence-corrected chi connectivity index (χ2v) is 6.17. The van der Waals surface area contributed by atoms with E-state index in [1.165, 1.54) is 6.92 Å². The first-order valence-corrected chi connectivity index (χ1v) is 7.45. The maximum Gasteiger partial charge on any atom is 0.241 e. The Hall–Kier alpha value is -2.31. The van der Waals surface area contributed by atoms with Crippen LogP contribution in [0.4, 0.5) is 5.69 Å². The van der Waals surface area contributed by atoms with Gasteiger partial charge in [-0.15, -0.1) is 0 Å². The summed E-state index contributed by atoms with van der Waals surface area (Å²) in [5, 5.41) is 9.65. The van der Waals surface area contributed by atoms with Crippen LogP contribution in [0.1, 0.15) is 17.3 Å². The zero-order chi connectivity index (χ0) is 16.4. The third-order valence-corrected chi connectivity index (χ3v) is 4.93. The van der Waals surface area contributed by atoms with E-state index >= 15 is 0 Å². The minimum Gasteiger partial charge on any atom is -0.393 e. The van der Waals surface area contributed by atoms with Crippen LogP contribution in [-0.4, -0.2) is 41.0 Å². The first kappa shape index (κ1) is 14.3. The molecule has 1 aromatic carbocycles. The number of carbonyl (C=O) groups excluding carboxylic acids is 3. The van der Waals surface area contributed by atoms with Crippen LogP contribution in [0, 0.1) is 11.8 Å². The summed E-state index contributed by atoms with van der Waals surface area (Å²) in [6.07, 6.45) is 2.96. The van der Waals surface area contributed by atoms with Crippen molar-refractivity contribution < 1.29 is 24.2 Å². The first-order chi connectivity index (χ1) is 11.0. The summed E-state index contributed by atoms with van der Waals surface area (Å²) >= 11 is 0. The number of ether oxygens (including phenoxy) is 1. The molecule has 1 N–H and O–H groups in total. The SMILES string of the molecule is CC(=O)c1ccc(N2C(=O)[C@@H]3[C@@H]4C=C[C@@](CO)(O4)[C@@H]3C2=O)cc1. The van der Waals surface area contributed by atoms with E-state index < -0.39 is 23.5 Å². The van der Waals surface area contributed by atoms with Crippen molar-refractivity contribution in [3.05, 3.63) is 42.0 Å². The van der Waals surface area contributed by atoms with Gasteiger partial charge in [0.05, 0.1) is 30.2 Å². The molecule has 0 aromatic heterocycles. The Balaban J connectivity index is 1.72. The molecule has 0 aliphatic carbocycles. The molecule has 0 saturated carbocycles. The number of carbonyl (C=O) groups is 3. The summed E-state index contributed by atoms with van der Waals surface area (Å²) in [6.45, 7) is 1.12. The topological polar surface area (TPSA) is 83.9 Å². The van der Waals surface area contributed by atoms with E-state index in [-0.39, 0.29) is 24.2 Å². The van der Waals surface area contributed by atoms with Crippen molar-refractivity contribution in [1.29, 1.82) is 0 Å². The predicted molar refractivity (Wildman–Crippen MR) is 79.7 cm³/mol. The highest BCUT2D eigenvalue weighted by molar-refractivity contribution is 6.23. The number of Topliss-reactive ketones (excluding diaryl/α,β-unsaturated/α-hetero) is 1. The fourth-order valence-electron chi connectivity index (χ4n) is 3.78. The van der Waals surface area contributed by atoms with E-state index in [1.54, 1.807) is 36.4 Å². The Labute approximate surface area is 132 Å². The largest absolute Gasteiger partial charge is 0.393 e. The van der Waals surface area contributed by atoms with Crippen molar-refractivity contribution in [3.63, 3.8) is 0 Å². The quantitative estimate of drug-likeness (QED) is 0.504. The van der Waals surface area contributed by atoms with Crippen LogP contribution in [0.15, 0.2) is 36.4 Å². The van der Waals surface area contributed by atoms with E-state index in [0.717, 1.165) is 4.90 Å². The lowest BCUT2D eigenvalue weighted by atomic mass is 9.77. The standard InChI is InChI=1S/C17H15NO5/c1-9(20)10-2-4-11(5-3-10)18-15(21)13-12-6-7-17(8-19,23-12)14(13)16(18)22/h2-7,12-14,19H,8H2,1H3/t12-,13+,14-,17-/m0/s1. The smallest absolute Gasteiger partial charge is 0.241 e. The molecule has 4 atom stereocenters. The minimum atomic E-state index is -1.09. The molecule has 3 aliphatic heterocycles. The molecule has 23 heavy (non-hydrogen) atoms. The van der Waals surface area contributed by atoms with Crippen LogP contribution < -0.4 is 4.90 Å². The van der Waals surface area contributed by atoms with Crippen LogP contribution in [0.3, 0.4) is 0 Å². The van der Waals surface area contributed by atoms with Gasteiger partial charge in [0.25, 0.3) is 0 Å². The Morgan fingerprint density at radius 1 is 1.26 bits per heavy atom. The molecule has 0 spiro atoms. The van der Waals surface area contributed by atoms with Gasteiger partial charge in [0.15, 0.2) is 5.78 Å². The predicted octanol–water partition coefficient (Wildman–Crippen LogP) is 0.694. The van der Waals surface area contributed by atoms with Crippen molar-refractivity contribution >= 4 is 23.3 Å². The molecule has 6 heteroatoms. The second kappa shape index (κ2) is 4.59.